The first-order valence-corrected chi connectivity index (χ1v) is 11.7. The molecule has 1 fully saturated rings. The highest BCUT2D eigenvalue weighted by Gasteiger charge is 2.32. The summed E-state index contributed by atoms with van der Waals surface area (Å²) in [7, 11) is 1.64. The van der Waals surface area contributed by atoms with Gasteiger partial charge in [-0.15, -0.1) is 0 Å². The number of hydrogen-bond donors (Lipinski definition) is 1. The van der Waals surface area contributed by atoms with Crippen molar-refractivity contribution in [2.75, 3.05) is 38.2 Å². The molecule has 1 N–H and O–H groups in total. The second-order valence-electron chi connectivity index (χ2n) is 8.61. The molecule has 3 heterocycles. The summed E-state index contributed by atoms with van der Waals surface area (Å²) in [5.74, 6) is 2.04. The van der Waals surface area contributed by atoms with Gasteiger partial charge < -0.3 is 19.9 Å². The molecule has 0 bridgehead atoms. The quantitative estimate of drug-likeness (QED) is 0.527. The van der Waals surface area contributed by atoms with E-state index in [0.717, 1.165) is 29.1 Å². The summed E-state index contributed by atoms with van der Waals surface area (Å²) >= 11 is 0. The van der Waals surface area contributed by atoms with Crippen LogP contribution in [0.4, 0.5) is 5.82 Å². The number of methoxy groups -OCH3 is 1. The van der Waals surface area contributed by atoms with Crippen molar-refractivity contribution in [3.63, 3.8) is 0 Å². The summed E-state index contributed by atoms with van der Waals surface area (Å²) in [6, 6.07) is 7.62. The van der Waals surface area contributed by atoms with Crippen molar-refractivity contribution in [1.82, 2.24) is 29.7 Å². The fraction of sp³-hybridized carbons (Fsp3) is 0.400. The molecule has 1 unspecified atom stereocenters. The summed E-state index contributed by atoms with van der Waals surface area (Å²) in [6.07, 6.45) is 7.87. The number of ether oxygens (including phenoxy) is 1. The average Bonchev–Trinajstić information content (AvgIpc) is 3.40. The number of aryl methyl sites for hydroxylation is 1. The second kappa shape index (κ2) is 11.0. The van der Waals surface area contributed by atoms with Gasteiger partial charge in [0.2, 0.25) is 17.8 Å². The number of carbonyl (C=O) groups is 2. The van der Waals surface area contributed by atoms with Crippen LogP contribution in [0, 0.1) is 6.92 Å². The number of nitrogens with one attached hydrogen (secondary N) is 1. The summed E-state index contributed by atoms with van der Waals surface area (Å²) in [6.45, 7) is 5.68. The zero-order valence-electron chi connectivity index (χ0n) is 20.3. The lowest BCUT2D eigenvalue weighted by molar-refractivity contribution is -0.130. The molecule has 184 valence electrons. The molecule has 0 spiro atoms. The molecule has 4 rings (SSSR count). The van der Waals surface area contributed by atoms with Gasteiger partial charge in [0.1, 0.15) is 17.9 Å². The van der Waals surface area contributed by atoms with Gasteiger partial charge in [-0.2, -0.15) is 4.98 Å². The summed E-state index contributed by atoms with van der Waals surface area (Å²) < 4.78 is 6.93. The number of aromatic nitrogens is 4. The molecule has 2 amide bonds. The molecule has 0 aliphatic carbocycles. The molecule has 1 atom stereocenters. The van der Waals surface area contributed by atoms with Crippen LogP contribution in [0.25, 0.3) is 5.95 Å². The van der Waals surface area contributed by atoms with Crippen molar-refractivity contribution in [2.24, 2.45) is 0 Å². The van der Waals surface area contributed by atoms with E-state index in [1.807, 2.05) is 31.2 Å². The van der Waals surface area contributed by atoms with Gasteiger partial charge in [0, 0.05) is 63.7 Å². The van der Waals surface area contributed by atoms with Crippen LogP contribution in [-0.4, -0.2) is 75.6 Å². The van der Waals surface area contributed by atoms with E-state index in [1.54, 1.807) is 48.4 Å². The van der Waals surface area contributed by atoms with Crippen LogP contribution in [0.1, 0.15) is 24.5 Å². The van der Waals surface area contributed by atoms with Crippen LogP contribution in [0.2, 0.25) is 0 Å². The third-order valence-electron chi connectivity index (χ3n) is 6.18. The lowest BCUT2D eigenvalue weighted by Gasteiger charge is -2.42. The Labute approximate surface area is 205 Å². The van der Waals surface area contributed by atoms with Crippen molar-refractivity contribution in [3.8, 4) is 11.7 Å². The van der Waals surface area contributed by atoms with Gasteiger partial charge in [-0.1, -0.05) is 12.1 Å². The zero-order valence-corrected chi connectivity index (χ0v) is 20.3. The first kappa shape index (κ1) is 24.2. The van der Waals surface area contributed by atoms with Gasteiger partial charge in [0.05, 0.1) is 13.2 Å². The fourth-order valence-electron chi connectivity index (χ4n) is 4.24. The molecule has 10 nitrogen and oxygen atoms in total. The summed E-state index contributed by atoms with van der Waals surface area (Å²) in [5, 5.41) is 3.03. The Morgan fingerprint density at radius 2 is 2.00 bits per heavy atom. The van der Waals surface area contributed by atoms with E-state index in [1.165, 1.54) is 0 Å². The van der Waals surface area contributed by atoms with Gasteiger partial charge in [-0.3, -0.25) is 14.2 Å². The Morgan fingerprint density at radius 3 is 2.69 bits per heavy atom. The minimum absolute atomic E-state index is 0.00748. The fourth-order valence-corrected chi connectivity index (χ4v) is 4.24. The lowest BCUT2D eigenvalue weighted by atomic mass is 10.1. The highest BCUT2D eigenvalue weighted by molar-refractivity contribution is 5.78. The van der Waals surface area contributed by atoms with Crippen molar-refractivity contribution >= 4 is 17.6 Å². The van der Waals surface area contributed by atoms with Crippen molar-refractivity contribution in [1.29, 1.82) is 0 Å². The zero-order chi connectivity index (χ0) is 24.8. The molecule has 0 saturated carbocycles. The number of amides is 2. The minimum Gasteiger partial charge on any atom is -0.497 e. The largest absolute Gasteiger partial charge is 0.497 e. The molecule has 1 aliphatic heterocycles. The van der Waals surface area contributed by atoms with E-state index in [4.69, 9.17) is 9.72 Å². The highest BCUT2D eigenvalue weighted by atomic mass is 16.5. The van der Waals surface area contributed by atoms with Gasteiger partial charge in [-0.25, -0.2) is 9.97 Å². The third kappa shape index (κ3) is 5.95. The molecule has 35 heavy (non-hydrogen) atoms. The average molecular weight is 478 g/mol. The molecule has 1 saturated heterocycles. The maximum Gasteiger partial charge on any atom is 0.236 e. The van der Waals surface area contributed by atoms with Crippen LogP contribution in [0.3, 0.4) is 0 Å². The molecular formula is C25H31N7O3. The number of benzene rings is 1. The Hall–Kier alpha value is -3.95. The third-order valence-corrected chi connectivity index (χ3v) is 6.18. The van der Waals surface area contributed by atoms with Crippen LogP contribution in [0.15, 0.2) is 49.2 Å². The number of nitrogens with zero attached hydrogens (tertiary/aromatic N) is 6. The minimum atomic E-state index is -0.196. The molecule has 1 aliphatic rings. The molecule has 2 aromatic heterocycles. The topological polar surface area (TPSA) is 105 Å². The first-order chi connectivity index (χ1) is 16.9. The van der Waals surface area contributed by atoms with Gasteiger partial charge in [0.25, 0.3) is 0 Å². The number of anilines is 1. The predicted octanol–water partition coefficient (Wildman–Crippen LogP) is 1.77. The molecule has 0 radical (unpaired) electrons. The van der Waals surface area contributed by atoms with E-state index in [9.17, 15) is 9.59 Å². The molecule has 1 aromatic carbocycles. The summed E-state index contributed by atoms with van der Waals surface area (Å²) in [5.41, 5.74) is 2.03. The molecule has 3 aromatic rings. The van der Waals surface area contributed by atoms with E-state index in [0.29, 0.717) is 32.1 Å². The van der Waals surface area contributed by atoms with E-state index in [2.05, 4.69) is 20.2 Å². The van der Waals surface area contributed by atoms with Crippen molar-refractivity contribution in [3.05, 3.63) is 60.3 Å². The predicted molar refractivity (Wildman–Crippen MR) is 132 cm³/mol. The number of carbonyl (C=O) groups excluding carboxylic acids is 2. The highest BCUT2D eigenvalue weighted by Crippen LogP contribution is 2.24. The summed E-state index contributed by atoms with van der Waals surface area (Å²) in [4.78, 5) is 42.2. The van der Waals surface area contributed by atoms with Gasteiger partial charge >= 0.3 is 0 Å². The second-order valence-corrected chi connectivity index (χ2v) is 8.61. The monoisotopic (exact) mass is 477 g/mol. The Bertz CT molecular complexity index is 1150. The number of piperazine rings is 1. The Balaban J connectivity index is 1.45. The number of hydrogen-bond acceptors (Lipinski definition) is 7. The first-order valence-electron chi connectivity index (χ1n) is 11.7. The van der Waals surface area contributed by atoms with E-state index >= 15 is 0 Å². The lowest BCUT2D eigenvalue weighted by Crippen LogP contribution is -2.56. The van der Waals surface area contributed by atoms with Crippen molar-refractivity contribution in [2.45, 2.75) is 32.7 Å². The van der Waals surface area contributed by atoms with Crippen LogP contribution in [0.5, 0.6) is 5.75 Å². The van der Waals surface area contributed by atoms with Crippen LogP contribution in [-0.2, 0) is 16.0 Å². The van der Waals surface area contributed by atoms with E-state index < -0.39 is 0 Å². The SMILES string of the molecule is COc1ccc(CCNC(=O)CC2CN(C(C)=O)CCN2c2nc(-n3ccnc3)ncc2C)cc1. The van der Waals surface area contributed by atoms with Crippen LogP contribution < -0.4 is 15.0 Å². The van der Waals surface area contributed by atoms with Gasteiger partial charge in [0.15, 0.2) is 0 Å². The van der Waals surface area contributed by atoms with Crippen LogP contribution >= 0.6 is 0 Å². The maximum absolute atomic E-state index is 12.9. The molecule has 10 heteroatoms. The van der Waals surface area contributed by atoms with E-state index in [-0.39, 0.29) is 24.3 Å². The number of imidazole rings is 1. The maximum atomic E-state index is 12.9. The standard InChI is InChI=1S/C25H31N7O3/c1-18-15-28-25(31-11-10-26-17-31)29-24(18)32-13-12-30(19(2)33)16-21(32)14-23(34)27-9-8-20-4-6-22(35-3)7-5-20/h4-7,10-11,15,17,21H,8-9,12-14,16H2,1-3H3,(H,27,34). The smallest absolute Gasteiger partial charge is 0.236 e. The Morgan fingerprint density at radius 1 is 1.20 bits per heavy atom. The van der Waals surface area contributed by atoms with Gasteiger partial charge in [-0.05, 0) is 31.0 Å². The molecular weight excluding hydrogens is 446 g/mol. The van der Waals surface area contributed by atoms with Crippen molar-refractivity contribution < 1.29 is 14.3 Å². The normalized spacial score (nSPS) is 15.7. The Kier molecular flexibility index (Phi) is 7.59. The number of rotatable bonds is 8.